The smallest absolute Gasteiger partial charge is 0.264 e. The van der Waals surface area contributed by atoms with Crippen LogP contribution in [0.15, 0.2) is 138 Å². The Labute approximate surface area is 306 Å². The molecular weight excluding hydrogens is 675 g/mol. The second-order valence-corrected chi connectivity index (χ2v) is 14.3. The Morgan fingerprint density at radius 3 is 2.02 bits per heavy atom. The molecule has 0 aliphatic heterocycles. The molecule has 2 amide bonds. The van der Waals surface area contributed by atoms with E-state index in [1.165, 1.54) is 17.0 Å². The SMILES string of the molecule is CCCCNC(=O)[C@@H](Cc1ccccc1)N(Cc1cccc(OC)c1)C(=O)CN(c1ccc(Oc2ccccc2)cc1)S(=O)(=O)c1ccc(C)cc1. The maximum atomic E-state index is 14.8. The number of hydrogen-bond donors (Lipinski definition) is 1. The predicted octanol–water partition coefficient (Wildman–Crippen LogP) is 7.55. The van der Waals surface area contributed by atoms with Crippen molar-refractivity contribution in [2.45, 2.75) is 50.6 Å². The van der Waals surface area contributed by atoms with Gasteiger partial charge >= 0.3 is 0 Å². The van der Waals surface area contributed by atoms with Gasteiger partial charge in [-0.25, -0.2) is 8.42 Å². The Hall–Kier alpha value is -5.61. The van der Waals surface area contributed by atoms with E-state index in [4.69, 9.17) is 9.47 Å². The molecule has 1 atom stereocenters. The summed E-state index contributed by atoms with van der Waals surface area (Å²) in [7, 11) is -2.69. The van der Waals surface area contributed by atoms with Crippen LogP contribution < -0.4 is 19.1 Å². The Kier molecular flexibility index (Phi) is 13.1. The van der Waals surface area contributed by atoms with Crippen molar-refractivity contribution < 1.29 is 27.5 Å². The highest BCUT2D eigenvalue weighted by Gasteiger charge is 2.34. The average Bonchev–Trinajstić information content (AvgIpc) is 3.16. The number of ether oxygens (including phenoxy) is 2. The molecule has 0 heterocycles. The fourth-order valence-corrected chi connectivity index (χ4v) is 7.11. The zero-order valence-corrected chi connectivity index (χ0v) is 30.6. The number of methoxy groups -OCH3 is 1. The van der Waals surface area contributed by atoms with Crippen molar-refractivity contribution in [3.63, 3.8) is 0 Å². The van der Waals surface area contributed by atoms with E-state index in [-0.39, 0.29) is 29.5 Å². The van der Waals surface area contributed by atoms with Crippen LogP contribution in [0.2, 0.25) is 0 Å². The van der Waals surface area contributed by atoms with Crippen LogP contribution in [0.3, 0.4) is 0 Å². The highest BCUT2D eigenvalue weighted by Crippen LogP contribution is 2.29. The highest BCUT2D eigenvalue weighted by molar-refractivity contribution is 7.92. The number of sulfonamides is 1. The van der Waals surface area contributed by atoms with Gasteiger partial charge in [0.25, 0.3) is 10.0 Å². The summed E-state index contributed by atoms with van der Waals surface area (Å²) in [5.74, 6) is 0.863. The molecule has 5 aromatic carbocycles. The van der Waals surface area contributed by atoms with Crippen LogP contribution in [0.25, 0.3) is 0 Å². The number of benzene rings is 5. The molecule has 0 aromatic heterocycles. The predicted molar refractivity (Wildman–Crippen MR) is 204 cm³/mol. The first-order valence-electron chi connectivity index (χ1n) is 17.3. The molecule has 0 saturated carbocycles. The molecule has 52 heavy (non-hydrogen) atoms. The molecule has 0 aliphatic carbocycles. The molecule has 10 heteroatoms. The van der Waals surface area contributed by atoms with E-state index in [0.29, 0.717) is 23.8 Å². The van der Waals surface area contributed by atoms with Gasteiger partial charge in [-0.15, -0.1) is 0 Å². The third-order valence-electron chi connectivity index (χ3n) is 8.58. The van der Waals surface area contributed by atoms with Gasteiger partial charge < -0.3 is 19.7 Å². The Morgan fingerprint density at radius 1 is 0.750 bits per heavy atom. The Bertz CT molecular complexity index is 2010. The summed E-state index contributed by atoms with van der Waals surface area (Å²) in [5, 5.41) is 3.02. The van der Waals surface area contributed by atoms with E-state index in [2.05, 4.69) is 5.32 Å². The monoisotopic (exact) mass is 719 g/mol. The van der Waals surface area contributed by atoms with Crippen molar-refractivity contribution in [3.8, 4) is 17.2 Å². The number of carbonyl (C=O) groups excluding carboxylic acids is 2. The molecule has 0 radical (unpaired) electrons. The third kappa shape index (κ3) is 10.0. The van der Waals surface area contributed by atoms with Gasteiger partial charge in [-0.1, -0.05) is 91.7 Å². The van der Waals surface area contributed by atoms with Crippen LogP contribution in [-0.2, 0) is 32.6 Å². The first-order valence-corrected chi connectivity index (χ1v) is 18.8. The molecule has 5 rings (SSSR count). The summed E-state index contributed by atoms with van der Waals surface area (Å²) in [5.41, 5.74) is 2.75. The number of amides is 2. The minimum atomic E-state index is -4.25. The van der Waals surface area contributed by atoms with Gasteiger partial charge in [-0.05, 0) is 85.1 Å². The van der Waals surface area contributed by atoms with Gasteiger partial charge in [0.1, 0.15) is 29.8 Å². The second-order valence-electron chi connectivity index (χ2n) is 12.5. The van der Waals surface area contributed by atoms with Gasteiger partial charge in [-0.3, -0.25) is 13.9 Å². The number of aryl methyl sites for hydroxylation is 1. The lowest BCUT2D eigenvalue weighted by Crippen LogP contribution is -2.53. The maximum absolute atomic E-state index is 14.8. The number of carbonyl (C=O) groups is 2. The molecule has 9 nitrogen and oxygen atoms in total. The first-order chi connectivity index (χ1) is 25.2. The lowest BCUT2D eigenvalue weighted by atomic mass is 10.0. The number of hydrogen-bond acceptors (Lipinski definition) is 6. The van der Waals surface area contributed by atoms with Crippen LogP contribution in [0.1, 0.15) is 36.5 Å². The fraction of sp³-hybridized carbons (Fsp3) is 0.238. The Balaban J connectivity index is 1.56. The molecule has 0 unspecified atom stereocenters. The van der Waals surface area contributed by atoms with Crippen molar-refractivity contribution in [1.29, 1.82) is 0 Å². The number of nitrogens with one attached hydrogen (secondary N) is 1. The maximum Gasteiger partial charge on any atom is 0.264 e. The lowest BCUT2D eigenvalue weighted by molar-refractivity contribution is -0.140. The van der Waals surface area contributed by atoms with E-state index >= 15 is 0 Å². The molecule has 0 fully saturated rings. The summed E-state index contributed by atoms with van der Waals surface area (Å²) in [6.07, 6.45) is 1.89. The summed E-state index contributed by atoms with van der Waals surface area (Å²) >= 11 is 0. The zero-order valence-electron chi connectivity index (χ0n) is 29.8. The van der Waals surface area contributed by atoms with Gasteiger partial charge in [0, 0.05) is 19.5 Å². The van der Waals surface area contributed by atoms with Crippen molar-refractivity contribution in [2.75, 3.05) is 24.5 Å². The van der Waals surface area contributed by atoms with Gasteiger partial charge in [-0.2, -0.15) is 0 Å². The molecule has 0 bridgehead atoms. The van der Waals surface area contributed by atoms with Crippen molar-refractivity contribution in [3.05, 3.63) is 150 Å². The van der Waals surface area contributed by atoms with Crippen LogP contribution in [0.4, 0.5) is 5.69 Å². The quantitative estimate of drug-likeness (QED) is 0.0996. The second kappa shape index (κ2) is 18.1. The molecule has 1 N–H and O–H groups in total. The first kappa shape index (κ1) is 37.6. The normalized spacial score (nSPS) is 11.7. The van der Waals surface area contributed by atoms with Gasteiger partial charge in [0.2, 0.25) is 11.8 Å². The zero-order chi connectivity index (χ0) is 36.9. The topological polar surface area (TPSA) is 105 Å². The fourth-order valence-electron chi connectivity index (χ4n) is 5.70. The van der Waals surface area contributed by atoms with Crippen LogP contribution >= 0.6 is 0 Å². The summed E-state index contributed by atoms with van der Waals surface area (Å²) in [6.45, 7) is 3.84. The minimum absolute atomic E-state index is 0.0352. The number of nitrogens with zero attached hydrogens (tertiary/aromatic N) is 2. The van der Waals surface area contributed by atoms with Crippen molar-refractivity contribution >= 4 is 27.5 Å². The Morgan fingerprint density at radius 2 is 1.37 bits per heavy atom. The number of rotatable bonds is 17. The minimum Gasteiger partial charge on any atom is -0.497 e. The van der Waals surface area contributed by atoms with Crippen LogP contribution in [0.5, 0.6) is 17.2 Å². The summed E-state index contributed by atoms with van der Waals surface area (Å²) < 4.78 is 41.3. The molecule has 0 aliphatic rings. The molecular formula is C42H45N3O6S. The highest BCUT2D eigenvalue weighted by atomic mass is 32.2. The van der Waals surface area contributed by atoms with E-state index in [1.54, 1.807) is 55.6 Å². The van der Waals surface area contributed by atoms with E-state index in [0.717, 1.165) is 33.8 Å². The molecule has 0 spiro atoms. The van der Waals surface area contributed by atoms with Gasteiger partial charge in [0.15, 0.2) is 0 Å². The third-order valence-corrected chi connectivity index (χ3v) is 10.4. The van der Waals surface area contributed by atoms with E-state index in [9.17, 15) is 18.0 Å². The van der Waals surface area contributed by atoms with E-state index < -0.39 is 28.5 Å². The van der Waals surface area contributed by atoms with Crippen molar-refractivity contribution in [2.24, 2.45) is 0 Å². The standard InChI is InChI=1S/C42H45N3O6S/c1-4-5-27-43-42(47)40(29-33-13-8-6-9-14-33)44(30-34-15-12-18-38(28-34)50-3)41(46)31-45(52(48,49)39-25-19-32(2)20-26-39)35-21-23-37(24-22-35)51-36-16-10-7-11-17-36/h6-26,28,40H,4-5,27,29-31H2,1-3H3,(H,43,47)/t40-/m1/s1. The lowest BCUT2D eigenvalue weighted by Gasteiger charge is -2.34. The molecule has 0 saturated heterocycles. The summed E-state index contributed by atoms with van der Waals surface area (Å²) in [4.78, 5) is 30.3. The van der Waals surface area contributed by atoms with Crippen molar-refractivity contribution in [1.82, 2.24) is 10.2 Å². The largest absolute Gasteiger partial charge is 0.497 e. The number of anilines is 1. The molecule has 5 aromatic rings. The van der Waals surface area contributed by atoms with E-state index in [1.807, 2.05) is 86.6 Å². The average molecular weight is 720 g/mol. The summed E-state index contributed by atoms with van der Waals surface area (Å²) in [6, 6.07) is 38.1. The molecule has 270 valence electrons. The van der Waals surface area contributed by atoms with Crippen LogP contribution in [0, 0.1) is 6.92 Å². The van der Waals surface area contributed by atoms with Gasteiger partial charge in [0.05, 0.1) is 17.7 Å². The van der Waals surface area contributed by atoms with Crippen LogP contribution in [-0.4, -0.2) is 51.4 Å². The number of para-hydroxylation sites is 1. The number of unbranched alkanes of at least 4 members (excludes halogenated alkanes) is 1.